The van der Waals surface area contributed by atoms with Crippen LogP contribution < -0.4 is 10.6 Å². The number of morpholine rings is 1. The molecule has 0 radical (unpaired) electrons. The highest BCUT2D eigenvalue weighted by Crippen LogP contribution is 2.32. The van der Waals surface area contributed by atoms with E-state index < -0.39 is 0 Å². The molecule has 1 aliphatic heterocycles. The summed E-state index contributed by atoms with van der Waals surface area (Å²) in [5, 5.41) is 6.98. The fraction of sp³-hybridized carbons (Fsp3) is 0.714. The molecule has 6 heteroatoms. The lowest BCUT2D eigenvalue weighted by molar-refractivity contribution is -0.117. The van der Waals surface area contributed by atoms with Crippen molar-refractivity contribution in [2.45, 2.75) is 38.6 Å². The zero-order valence-electron chi connectivity index (χ0n) is 11.8. The Bertz CT molecular complexity index is 483. The second-order valence-corrected chi connectivity index (χ2v) is 6.80. The number of fused-ring (bicyclic) bond motifs is 1. The number of aryl methyl sites for hydroxylation is 1. The van der Waals surface area contributed by atoms with Gasteiger partial charge in [-0.05, 0) is 25.2 Å². The van der Waals surface area contributed by atoms with E-state index in [0.29, 0.717) is 13.0 Å². The lowest BCUT2D eigenvalue weighted by Crippen LogP contribution is -2.43. The Balaban J connectivity index is 1.56. The minimum Gasteiger partial charge on any atom is -0.378 e. The number of amides is 1. The van der Waals surface area contributed by atoms with E-state index in [0.717, 1.165) is 37.0 Å². The SMILES string of the molecule is CC1CCc2nc(NC(=O)CC3COCCN3)sc2C1. The topological polar surface area (TPSA) is 63.2 Å². The highest BCUT2D eigenvalue weighted by atomic mass is 32.1. The van der Waals surface area contributed by atoms with E-state index in [-0.39, 0.29) is 11.9 Å². The van der Waals surface area contributed by atoms with Crippen molar-refractivity contribution in [2.75, 3.05) is 25.1 Å². The summed E-state index contributed by atoms with van der Waals surface area (Å²) in [5.74, 6) is 0.752. The lowest BCUT2D eigenvalue weighted by atomic mass is 9.93. The third-order valence-electron chi connectivity index (χ3n) is 3.86. The average Bonchev–Trinajstić information content (AvgIpc) is 2.80. The van der Waals surface area contributed by atoms with Crippen LogP contribution in [0.4, 0.5) is 5.13 Å². The predicted molar refractivity (Wildman–Crippen MR) is 79.2 cm³/mol. The molecule has 0 aromatic carbocycles. The van der Waals surface area contributed by atoms with Crippen LogP contribution in [0.15, 0.2) is 0 Å². The van der Waals surface area contributed by atoms with Crippen LogP contribution in [0.3, 0.4) is 0 Å². The summed E-state index contributed by atoms with van der Waals surface area (Å²) >= 11 is 1.63. The normalized spacial score (nSPS) is 26.1. The first-order valence-electron chi connectivity index (χ1n) is 7.30. The third-order valence-corrected chi connectivity index (χ3v) is 4.90. The summed E-state index contributed by atoms with van der Waals surface area (Å²) < 4.78 is 5.36. The Kier molecular flexibility index (Phi) is 4.33. The number of hydrogen-bond acceptors (Lipinski definition) is 5. The molecule has 2 N–H and O–H groups in total. The molecule has 1 aliphatic carbocycles. The van der Waals surface area contributed by atoms with Crippen molar-refractivity contribution in [3.05, 3.63) is 10.6 Å². The molecule has 0 saturated carbocycles. The Morgan fingerprint density at radius 1 is 1.60 bits per heavy atom. The van der Waals surface area contributed by atoms with Gasteiger partial charge in [0.25, 0.3) is 0 Å². The number of hydrogen-bond donors (Lipinski definition) is 2. The molecule has 2 aliphatic rings. The third kappa shape index (κ3) is 3.37. The van der Waals surface area contributed by atoms with Crippen molar-refractivity contribution >= 4 is 22.4 Å². The Morgan fingerprint density at radius 2 is 2.50 bits per heavy atom. The number of anilines is 1. The van der Waals surface area contributed by atoms with E-state index in [1.165, 1.54) is 17.0 Å². The minimum atomic E-state index is 0.0205. The quantitative estimate of drug-likeness (QED) is 0.889. The number of aromatic nitrogens is 1. The van der Waals surface area contributed by atoms with Crippen LogP contribution in [0.25, 0.3) is 0 Å². The monoisotopic (exact) mass is 295 g/mol. The zero-order chi connectivity index (χ0) is 13.9. The summed E-state index contributed by atoms with van der Waals surface area (Å²) in [5.41, 5.74) is 1.18. The van der Waals surface area contributed by atoms with Gasteiger partial charge in [-0.2, -0.15) is 0 Å². The average molecular weight is 295 g/mol. The maximum atomic E-state index is 12.0. The maximum Gasteiger partial charge on any atom is 0.227 e. The van der Waals surface area contributed by atoms with Gasteiger partial charge in [-0.15, -0.1) is 11.3 Å². The molecular weight excluding hydrogens is 274 g/mol. The van der Waals surface area contributed by atoms with Gasteiger partial charge in [0.05, 0.1) is 18.9 Å². The van der Waals surface area contributed by atoms with Crippen molar-refractivity contribution in [1.29, 1.82) is 0 Å². The van der Waals surface area contributed by atoms with Gasteiger partial charge in [-0.3, -0.25) is 4.79 Å². The minimum absolute atomic E-state index is 0.0205. The highest BCUT2D eigenvalue weighted by Gasteiger charge is 2.21. The van der Waals surface area contributed by atoms with Gasteiger partial charge in [0.2, 0.25) is 5.91 Å². The van der Waals surface area contributed by atoms with E-state index in [9.17, 15) is 4.79 Å². The van der Waals surface area contributed by atoms with Crippen LogP contribution in [0.2, 0.25) is 0 Å². The Morgan fingerprint density at radius 3 is 3.30 bits per heavy atom. The van der Waals surface area contributed by atoms with Crippen molar-refractivity contribution in [2.24, 2.45) is 5.92 Å². The van der Waals surface area contributed by atoms with E-state index in [1.807, 2.05) is 0 Å². The Hall–Kier alpha value is -0.980. The van der Waals surface area contributed by atoms with Crippen LogP contribution in [-0.2, 0) is 22.4 Å². The van der Waals surface area contributed by atoms with Gasteiger partial charge in [0, 0.05) is 23.9 Å². The fourth-order valence-electron chi connectivity index (χ4n) is 2.74. The van der Waals surface area contributed by atoms with Gasteiger partial charge in [-0.25, -0.2) is 4.98 Å². The van der Waals surface area contributed by atoms with Crippen molar-refractivity contribution in [3.63, 3.8) is 0 Å². The number of nitrogens with one attached hydrogen (secondary N) is 2. The maximum absolute atomic E-state index is 12.0. The van der Waals surface area contributed by atoms with E-state index in [1.54, 1.807) is 11.3 Å². The first-order valence-corrected chi connectivity index (χ1v) is 8.12. The molecule has 0 spiro atoms. The van der Waals surface area contributed by atoms with E-state index in [4.69, 9.17) is 4.74 Å². The second kappa shape index (κ2) is 6.20. The molecule has 20 heavy (non-hydrogen) atoms. The number of thiazole rings is 1. The van der Waals surface area contributed by atoms with Crippen molar-refractivity contribution < 1.29 is 9.53 Å². The fourth-order valence-corrected chi connectivity index (χ4v) is 3.93. The number of rotatable bonds is 3. The van der Waals surface area contributed by atoms with Gasteiger partial charge >= 0.3 is 0 Å². The molecule has 2 unspecified atom stereocenters. The molecule has 1 aromatic rings. The van der Waals surface area contributed by atoms with Crippen LogP contribution in [-0.4, -0.2) is 36.7 Å². The number of carbonyl (C=O) groups is 1. The molecule has 1 aromatic heterocycles. The first-order chi connectivity index (χ1) is 9.70. The van der Waals surface area contributed by atoms with E-state index in [2.05, 4.69) is 22.5 Å². The van der Waals surface area contributed by atoms with Gasteiger partial charge in [-0.1, -0.05) is 6.92 Å². The van der Waals surface area contributed by atoms with Crippen LogP contribution in [0.1, 0.15) is 30.3 Å². The van der Waals surface area contributed by atoms with Crippen molar-refractivity contribution in [1.82, 2.24) is 10.3 Å². The van der Waals surface area contributed by atoms with Crippen LogP contribution in [0, 0.1) is 5.92 Å². The zero-order valence-corrected chi connectivity index (χ0v) is 12.6. The molecule has 3 rings (SSSR count). The van der Waals surface area contributed by atoms with Crippen LogP contribution in [0.5, 0.6) is 0 Å². The molecule has 2 heterocycles. The number of nitrogens with zero attached hydrogens (tertiary/aromatic N) is 1. The molecule has 2 atom stereocenters. The molecule has 1 saturated heterocycles. The second-order valence-electron chi connectivity index (χ2n) is 5.72. The molecular formula is C14H21N3O2S. The largest absolute Gasteiger partial charge is 0.378 e. The summed E-state index contributed by atoms with van der Waals surface area (Å²) in [4.78, 5) is 17.9. The number of ether oxygens (including phenoxy) is 1. The predicted octanol–water partition coefficient (Wildman–Crippen LogP) is 1.58. The molecule has 5 nitrogen and oxygen atoms in total. The van der Waals surface area contributed by atoms with E-state index >= 15 is 0 Å². The van der Waals surface area contributed by atoms with Gasteiger partial charge in [0.1, 0.15) is 0 Å². The smallest absolute Gasteiger partial charge is 0.227 e. The van der Waals surface area contributed by atoms with Crippen LogP contribution >= 0.6 is 11.3 Å². The standard InChI is InChI=1S/C14H21N3O2S/c1-9-2-3-11-12(6-9)20-14(16-11)17-13(18)7-10-8-19-5-4-15-10/h9-10,15H,2-8H2,1H3,(H,16,17,18). The number of carbonyl (C=O) groups excluding carboxylic acids is 1. The summed E-state index contributed by atoms with van der Waals surface area (Å²) in [6.45, 7) is 4.44. The van der Waals surface area contributed by atoms with Gasteiger partial charge < -0.3 is 15.4 Å². The summed E-state index contributed by atoms with van der Waals surface area (Å²) in [6, 6.07) is 0.123. The van der Waals surface area contributed by atoms with Gasteiger partial charge in [0.15, 0.2) is 5.13 Å². The summed E-state index contributed by atoms with van der Waals surface area (Å²) in [7, 11) is 0. The molecule has 1 fully saturated rings. The Labute approximate surface area is 123 Å². The molecule has 0 bridgehead atoms. The molecule has 1 amide bonds. The first kappa shape index (κ1) is 14.0. The summed E-state index contributed by atoms with van der Waals surface area (Å²) in [6.07, 6.45) is 3.79. The van der Waals surface area contributed by atoms with Crippen molar-refractivity contribution in [3.8, 4) is 0 Å². The molecule has 110 valence electrons. The highest BCUT2D eigenvalue weighted by molar-refractivity contribution is 7.15. The lowest BCUT2D eigenvalue weighted by Gasteiger charge is -2.22.